The van der Waals surface area contributed by atoms with Crippen LogP contribution in [0, 0.1) is 6.92 Å². The van der Waals surface area contributed by atoms with Crippen LogP contribution in [0.3, 0.4) is 0 Å². The van der Waals surface area contributed by atoms with Crippen LogP contribution in [-0.4, -0.2) is 0 Å². The minimum atomic E-state index is 0.865. The fourth-order valence-electron chi connectivity index (χ4n) is 0.456. The molecule has 0 bridgehead atoms. The highest BCUT2D eigenvalue weighted by Crippen LogP contribution is 2.17. The SMILES string of the molecule is Cc1cpccc1Cl. The van der Waals surface area contributed by atoms with Crippen molar-refractivity contribution >= 4 is 19.8 Å². The molecule has 0 saturated heterocycles. The molecule has 0 nitrogen and oxygen atoms in total. The van der Waals surface area contributed by atoms with E-state index in [1.165, 1.54) is 13.8 Å². The van der Waals surface area contributed by atoms with E-state index in [0.717, 1.165) is 5.02 Å². The smallest absolute Gasteiger partial charge is 0.0442 e. The second-order valence-corrected chi connectivity index (χ2v) is 2.89. The van der Waals surface area contributed by atoms with Crippen molar-refractivity contribution in [2.24, 2.45) is 0 Å². The van der Waals surface area contributed by atoms with Crippen molar-refractivity contribution in [1.29, 1.82) is 0 Å². The highest BCUT2D eigenvalue weighted by Gasteiger charge is 1.87. The van der Waals surface area contributed by atoms with Gasteiger partial charge in [0, 0.05) is 5.02 Å². The van der Waals surface area contributed by atoms with Crippen LogP contribution in [-0.2, 0) is 0 Å². The molecule has 0 aromatic carbocycles. The molecule has 0 atom stereocenters. The van der Waals surface area contributed by atoms with Crippen LogP contribution in [0.2, 0.25) is 5.02 Å². The van der Waals surface area contributed by atoms with Gasteiger partial charge in [-0.25, -0.2) is 0 Å². The fourth-order valence-corrected chi connectivity index (χ4v) is 1.42. The van der Waals surface area contributed by atoms with Crippen molar-refractivity contribution in [1.82, 2.24) is 0 Å². The molecule has 0 N–H and O–H groups in total. The van der Waals surface area contributed by atoms with Gasteiger partial charge in [0.2, 0.25) is 0 Å². The number of rotatable bonds is 0. The average molecular weight is 145 g/mol. The van der Waals surface area contributed by atoms with Crippen molar-refractivity contribution in [3.63, 3.8) is 0 Å². The van der Waals surface area contributed by atoms with Crippen LogP contribution in [0.5, 0.6) is 0 Å². The molecule has 1 aromatic heterocycles. The van der Waals surface area contributed by atoms with Crippen LogP contribution in [0.25, 0.3) is 0 Å². The lowest BCUT2D eigenvalue weighted by Gasteiger charge is -1.90. The Morgan fingerprint density at radius 3 is 2.75 bits per heavy atom. The number of halogens is 1. The van der Waals surface area contributed by atoms with Crippen molar-refractivity contribution in [3.8, 4) is 0 Å². The minimum Gasteiger partial charge on any atom is -0.0840 e. The van der Waals surface area contributed by atoms with E-state index in [1.54, 1.807) is 0 Å². The molecule has 0 aliphatic carbocycles. The van der Waals surface area contributed by atoms with Crippen LogP contribution in [0.15, 0.2) is 17.7 Å². The van der Waals surface area contributed by atoms with E-state index < -0.39 is 0 Å². The zero-order chi connectivity index (χ0) is 5.98. The Morgan fingerprint density at radius 2 is 2.38 bits per heavy atom. The van der Waals surface area contributed by atoms with Crippen molar-refractivity contribution < 1.29 is 0 Å². The summed E-state index contributed by atoms with van der Waals surface area (Å²) in [7, 11) is 1.24. The lowest BCUT2D eigenvalue weighted by atomic mass is 10.4. The van der Waals surface area contributed by atoms with Gasteiger partial charge in [0.1, 0.15) is 0 Å². The average Bonchev–Trinajstić information content (AvgIpc) is 1.77. The zero-order valence-corrected chi connectivity index (χ0v) is 6.21. The molecular weight excluding hydrogens is 138 g/mol. The molecule has 42 valence electrons. The molecule has 1 heterocycles. The van der Waals surface area contributed by atoms with E-state index in [9.17, 15) is 0 Å². The first-order chi connectivity index (χ1) is 3.80. The zero-order valence-electron chi connectivity index (χ0n) is 4.56. The molecular formula is C6H6ClP. The molecule has 0 aliphatic heterocycles. The third kappa shape index (κ3) is 1.21. The number of aryl methyl sites for hydroxylation is 1. The largest absolute Gasteiger partial charge is 0.0840 e. The lowest BCUT2D eigenvalue weighted by molar-refractivity contribution is 1.53. The Labute approximate surface area is 55.6 Å². The van der Waals surface area contributed by atoms with Gasteiger partial charge in [0.15, 0.2) is 0 Å². The molecule has 0 fully saturated rings. The molecule has 1 rings (SSSR count). The van der Waals surface area contributed by atoms with E-state index in [4.69, 9.17) is 11.6 Å². The Kier molecular flexibility index (Phi) is 1.88. The van der Waals surface area contributed by atoms with E-state index in [-0.39, 0.29) is 0 Å². The number of hydrogen-bond acceptors (Lipinski definition) is 0. The summed E-state index contributed by atoms with van der Waals surface area (Å²) in [4.78, 5) is 0. The molecule has 0 radical (unpaired) electrons. The summed E-state index contributed by atoms with van der Waals surface area (Å²) in [5.41, 5.74) is 1.18. The van der Waals surface area contributed by atoms with Crippen LogP contribution >= 0.6 is 19.8 Å². The Bertz CT molecular complexity index is 165. The first-order valence-corrected chi connectivity index (χ1v) is 3.78. The van der Waals surface area contributed by atoms with Crippen LogP contribution in [0.4, 0.5) is 0 Å². The van der Waals surface area contributed by atoms with Gasteiger partial charge in [-0.3, -0.25) is 0 Å². The van der Waals surface area contributed by atoms with Gasteiger partial charge in [-0.15, -0.1) is 0 Å². The molecule has 2 heteroatoms. The van der Waals surface area contributed by atoms with Gasteiger partial charge >= 0.3 is 0 Å². The van der Waals surface area contributed by atoms with Crippen molar-refractivity contribution in [2.75, 3.05) is 0 Å². The summed E-state index contributed by atoms with van der Waals surface area (Å²) in [5.74, 6) is 4.11. The second-order valence-electron chi connectivity index (χ2n) is 1.62. The van der Waals surface area contributed by atoms with Gasteiger partial charge in [-0.2, -0.15) is 0 Å². The highest BCUT2D eigenvalue weighted by molar-refractivity contribution is 7.28. The van der Waals surface area contributed by atoms with Gasteiger partial charge in [0.05, 0.1) is 0 Å². The Hall–Kier alpha value is -0.0600. The molecule has 1 aromatic rings. The van der Waals surface area contributed by atoms with Gasteiger partial charge < -0.3 is 0 Å². The maximum Gasteiger partial charge on any atom is 0.0442 e. The monoisotopic (exact) mass is 144 g/mol. The van der Waals surface area contributed by atoms with Gasteiger partial charge in [0.25, 0.3) is 0 Å². The normalized spacial score (nSPS) is 10.2. The van der Waals surface area contributed by atoms with E-state index in [1.807, 2.05) is 18.8 Å². The van der Waals surface area contributed by atoms with Gasteiger partial charge in [-0.05, 0) is 30.1 Å². The Morgan fingerprint density at radius 1 is 1.62 bits per heavy atom. The van der Waals surface area contributed by atoms with Crippen LogP contribution < -0.4 is 0 Å². The summed E-state index contributed by atoms with van der Waals surface area (Å²) >= 11 is 5.72. The van der Waals surface area contributed by atoms with Crippen molar-refractivity contribution in [2.45, 2.75) is 6.92 Å². The second kappa shape index (κ2) is 2.48. The fraction of sp³-hybridized carbons (Fsp3) is 0.167. The predicted octanol–water partition coefficient (Wildman–Crippen LogP) is 3.23. The standard InChI is InChI=1S/C6H6ClP/c1-5-4-8-3-2-6(5)7/h2-4H,1H3. The summed E-state index contributed by atoms with van der Waals surface area (Å²) in [6, 6.07) is 1.93. The molecule has 0 amide bonds. The first-order valence-electron chi connectivity index (χ1n) is 2.37. The summed E-state index contributed by atoms with van der Waals surface area (Å²) in [6.45, 7) is 2.01. The Balaban J connectivity index is 3.13. The first kappa shape index (κ1) is 6.07. The van der Waals surface area contributed by atoms with Crippen LogP contribution in [0.1, 0.15) is 5.56 Å². The third-order valence-corrected chi connectivity index (χ3v) is 2.23. The minimum absolute atomic E-state index is 0.865. The topological polar surface area (TPSA) is 0 Å². The van der Waals surface area contributed by atoms with E-state index in [2.05, 4.69) is 5.80 Å². The summed E-state index contributed by atoms with van der Waals surface area (Å²) in [6.07, 6.45) is 0. The molecule has 0 unspecified atom stereocenters. The van der Waals surface area contributed by atoms with E-state index in [0.29, 0.717) is 0 Å². The highest BCUT2D eigenvalue weighted by atomic mass is 35.5. The molecule has 0 spiro atoms. The molecule has 0 saturated carbocycles. The predicted molar refractivity (Wildman–Crippen MR) is 38.7 cm³/mol. The third-order valence-electron chi connectivity index (χ3n) is 0.952. The number of hydrogen-bond donors (Lipinski definition) is 0. The maximum atomic E-state index is 5.72. The quantitative estimate of drug-likeness (QED) is 0.525. The molecule has 0 aliphatic rings. The van der Waals surface area contributed by atoms with E-state index >= 15 is 0 Å². The van der Waals surface area contributed by atoms with Gasteiger partial charge in [-0.1, -0.05) is 19.8 Å². The summed E-state index contributed by atoms with van der Waals surface area (Å²) < 4.78 is 0. The van der Waals surface area contributed by atoms with Crippen molar-refractivity contribution in [3.05, 3.63) is 28.2 Å². The summed E-state index contributed by atoms with van der Waals surface area (Å²) in [5, 5.41) is 0.865. The lowest BCUT2D eigenvalue weighted by Crippen LogP contribution is -1.65. The maximum absolute atomic E-state index is 5.72. The molecule has 8 heavy (non-hydrogen) atoms.